The van der Waals surface area contributed by atoms with Crippen LogP contribution in [0.1, 0.15) is 54.8 Å². The summed E-state index contributed by atoms with van der Waals surface area (Å²) in [6.07, 6.45) is 3.31. The Labute approximate surface area is 153 Å². The van der Waals surface area contributed by atoms with E-state index in [4.69, 9.17) is 11.6 Å². The summed E-state index contributed by atoms with van der Waals surface area (Å²) in [6, 6.07) is 14.6. The molecule has 25 heavy (non-hydrogen) atoms. The smallest absolute Gasteiger partial charge is 0.228 e. The first kappa shape index (κ1) is 16.6. The maximum Gasteiger partial charge on any atom is 0.228 e. The van der Waals surface area contributed by atoms with Gasteiger partial charge in [0, 0.05) is 29.2 Å². The highest BCUT2D eigenvalue weighted by Gasteiger charge is 2.38. The minimum Gasteiger partial charge on any atom is -0.326 e. The van der Waals surface area contributed by atoms with Crippen LogP contribution >= 0.6 is 11.6 Å². The summed E-state index contributed by atoms with van der Waals surface area (Å²) in [4.78, 5) is 12.3. The molecule has 4 heteroatoms. The molecule has 2 aromatic carbocycles. The third kappa shape index (κ3) is 3.31. The second-order valence-electron chi connectivity index (χ2n) is 7.21. The van der Waals surface area contributed by atoms with Crippen LogP contribution in [-0.4, -0.2) is 5.91 Å². The van der Waals surface area contributed by atoms with E-state index < -0.39 is 0 Å². The molecule has 1 heterocycles. The van der Waals surface area contributed by atoms with Crippen molar-refractivity contribution in [2.75, 3.05) is 5.32 Å². The number of benzene rings is 2. The zero-order chi connectivity index (χ0) is 17.4. The lowest BCUT2D eigenvalue weighted by atomic mass is 9.83. The number of carbonyl (C=O) groups is 1. The normalized spacial score (nSPS) is 22.9. The summed E-state index contributed by atoms with van der Waals surface area (Å²) < 4.78 is 0. The zero-order valence-corrected chi connectivity index (χ0v) is 15.1. The number of nitrogens with one attached hydrogen (secondary N) is 2. The fraction of sp³-hybridized carbons (Fsp3) is 0.381. The number of amides is 1. The average molecular weight is 355 g/mol. The number of hydrogen-bond donors (Lipinski definition) is 2. The number of halogens is 1. The van der Waals surface area contributed by atoms with E-state index in [0.717, 1.165) is 36.5 Å². The summed E-state index contributed by atoms with van der Waals surface area (Å²) in [7, 11) is 0. The molecule has 0 aromatic heterocycles. The van der Waals surface area contributed by atoms with Crippen molar-refractivity contribution in [2.24, 2.45) is 5.92 Å². The SMILES string of the molecule is CC(NCc1cccc(Cl)c1)c1ccc2c(c1)NC(=O)C1CCCC21. The van der Waals surface area contributed by atoms with Gasteiger partial charge in [-0.2, -0.15) is 0 Å². The molecule has 3 unspecified atom stereocenters. The summed E-state index contributed by atoms with van der Waals surface area (Å²) in [5.41, 5.74) is 4.67. The van der Waals surface area contributed by atoms with Gasteiger partial charge in [0.05, 0.1) is 0 Å². The predicted octanol–water partition coefficient (Wildman–Crippen LogP) is 5.03. The van der Waals surface area contributed by atoms with Crippen LogP contribution in [0.2, 0.25) is 5.02 Å². The van der Waals surface area contributed by atoms with Crippen molar-refractivity contribution in [3.8, 4) is 0 Å². The molecule has 1 aliphatic heterocycles. The molecule has 3 nitrogen and oxygen atoms in total. The van der Waals surface area contributed by atoms with Gasteiger partial charge in [0.25, 0.3) is 0 Å². The topological polar surface area (TPSA) is 41.1 Å². The number of hydrogen-bond acceptors (Lipinski definition) is 2. The molecule has 0 spiro atoms. The van der Waals surface area contributed by atoms with Gasteiger partial charge in [-0.3, -0.25) is 4.79 Å². The average Bonchev–Trinajstić information content (AvgIpc) is 3.10. The maximum atomic E-state index is 12.3. The van der Waals surface area contributed by atoms with Crippen molar-refractivity contribution < 1.29 is 4.79 Å². The van der Waals surface area contributed by atoms with Gasteiger partial charge in [-0.1, -0.05) is 42.3 Å². The Kier molecular flexibility index (Phi) is 4.53. The molecular formula is C21H23ClN2O. The van der Waals surface area contributed by atoms with Gasteiger partial charge in [0.2, 0.25) is 5.91 Å². The Morgan fingerprint density at radius 1 is 1.20 bits per heavy atom. The fourth-order valence-electron chi connectivity index (χ4n) is 4.18. The molecule has 3 atom stereocenters. The minimum absolute atomic E-state index is 0.178. The Balaban J connectivity index is 1.49. The Hall–Kier alpha value is -1.84. The highest BCUT2D eigenvalue weighted by atomic mass is 35.5. The van der Waals surface area contributed by atoms with Crippen molar-refractivity contribution in [3.05, 3.63) is 64.2 Å². The molecule has 1 aliphatic carbocycles. The first-order chi connectivity index (χ1) is 12.1. The third-order valence-corrected chi connectivity index (χ3v) is 5.82. The van der Waals surface area contributed by atoms with Crippen LogP contribution < -0.4 is 10.6 Å². The van der Waals surface area contributed by atoms with Crippen LogP contribution in [0, 0.1) is 5.92 Å². The number of rotatable bonds is 4. The summed E-state index contributed by atoms with van der Waals surface area (Å²) in [6.45, 7) is 2.91. The highest BCUT2D eigenvalue weighted by Crippen LogP contribution is 2.46. The maximum absolute atomic E-state index is 12.3. The van der Waals surface area contributed by atoms with Gasteiger partial charge in [-0.15, -0.1) is 0 Å². The number of carbonyl (C=O) groups excluding carboxylic acids is 1. The standard InChI is InChI=1S/C21H23ClN2O/c1-13(23-12-14-4-2-5-16(22)10-14)15-8-9-18-17-6-3-7-19(17)21(25)24-20(18)11-15/h2,4-5,8-11,13,17,19,23H,3,6-7,12H2,1H3,(H,24,25). The van der Waals surface area contributed by atoms with Crippen molar-refractivity contribution in [1.82, 2.24) is 5.32 Å². The predicted molar refractivity (Wildman–Crippen MR) is 102 cm³/mol. The monoisotopic (exact) mass is 354 g/mol. The van der Waals surface area contributed by atoms with Crippen LogP contribution in [0.15, 0.2) is 42.5 Å². The van der Waals surface area contributed by atoms with Gasteiger partial charge in [0.15, 0.2) is 0 Å². The minimum atomic E-state index is 0.178. The molecule has 2 aliphatic rings. The molecule has 1 fully saturated rings. The van der Waals surface area contributed by atoms with Gasteiger partial charge in [0.1, 0.15) is 0 Å². The fourth-order valence-corrected chi connectivity index (χ4v) is 4.39. The summed E-state index contributed by atoms with van der Waals surface area (Å²) in [5.74, 6) is 0.788. The number of fused-ring (bicyclic) bond motifs is 3. The van der Waals surface area contributed by atoms with Crippen molar-refractivity contribution in [1.29, 1.82) is 0 Å². The summed E-state index contributed by atoms with van der Waals surface area (Å²) in [5, 5.41) is 7.42. The molecule has 0 bridgehead atoms. The van der Waals surface area contributed by atoms with Crippen molar-refractivity contribution in [2.45, 2.75) is 44.7 Å². The van der Waals surface area contributed by atoms with Crippen LogP contribution in [-0.2, 0) is 11.3 Å². The molecule has 0 radical (unpaired) electrons. The van der Waals surface area contributed by atoms with Gasteiger partial charge in [-0.05, 0) is 60.6 Å². The van der Waals surface area contributed by atoms with Gasteiger partial charge >= 0.3 is 0 Å². The lowest BCUT2D eigenvalue weighted by Crippen LogP contribution is -2.30. The lowest BCUT2D eigenvalue weighted by molar-refractivity contribution is -0.120. The number of anilines is 1. The van der Waals surface area contributed by atoms with E-state index in [9.17, 15) is 4.79 Å². The Bertz CT molecular complexity index is 804. The summed E-state index contributed by atoms with van der Waals surface area (Å²) >= 11 is 6.05. The van der Waals surface area contributed by atoms with Gasteiger partial charge < -0.3 is 10.6 Å². The largest absolute Gasteiger partial charge is 0.326 e. The molecular weight excluding hydrogens is 332 g/mol. The molecule has 2 N–H and O–H groups in total. The van der Waals surface area contributed by atoms with E-state index in [-0.39, 0.29) is 17.9 Å². The van der Waals surface area contributed by atoms with Crippen LogP contribution in [0.25, 0.3) is 0 Å². The second-order valence-corrected chi connectivity index (χ2v) is 7.65. The Morgan fingerprint density at radius 2 is 2.04 bits per heavy atom. The van der Waals surface area contributed by atoms with E-state index in [2.05, 4.69) is 41.8 Å². The van der Waals surface area contributed by atoms with E-state index in [0.29, 0.717) is 5.92 Å². The quantitative estimate of drug-likeness (QED) is 0.808. The first-order valence-electron chi connectivity index (χ1n) is 9.04. The lowest BCUT2D eigenvalue weighted by Gasteiger charge is -2.29. The first-order valence-corrected chi connectivity index (χ1v) is 9.42. The van der Waals surface area contributed by atoms with Crippen LogP contribution in [0.4, 0.5) is 5.69 Å². The van der Waals surface area contributed by atoms with E-state index in [1.165, 1.54) is 16.7 Å². The van der Waals surface area contributed by atoms with Crippen LogP contribution in [0.5, 0.6) is 0 Å². The molecule has 4 rings (SSSR count). The van der Waals surface area contributed by atoms with E-state index in [1.54, 1.807) is 0 Å². The van der Waals surface area contributed by atoms with E-state index >= 15 is 0 Å². The van der Waals surface area contributed by atoms with Crippen molar-refractivity contribution in [3.63, 3.8) is 0 Å². The molecule has 0 saturated heterocycles. The van der Waals surface area contributed by atoms with Gasteiger partial charge in [-0.25, -0.2) is 0 Å². The third-order valence-electron chi connectivity index (χ3n) is 5.59. The van der Waals surface area contributed by atoms with Crippen molar-refractivity contribution >= 4 is 23.2 Å². The molecule has 1 amide bonds. The molecule has 130 valence electrons. The van der Waals surface area contributed by atoms with E-state index in [1.807, 2.05) is 18.2 Å². The highest BCUT2D eigenvalue weighted by molar-refractivity contribution is 6.30. The zero-order valence-electron chi connectivity index (χ0n) is 14.4. The molecule has 2 aromatic rings. The second kappa shape index (κ2) is 6.81. The van der Waals surface area contributed by atoms with Crippen LogP contribution in [0.3, 0.4) is 0 Å². The Morgan fingerprint density at radius 3 is 2.88 bits per heavy atom. The molecule has 1 saturated carbocycles.